The van der Waals surface area contributed by atoms with Crippen LogP contribution in [0.3, 0.4) is 0 Å². The molecule has 4 aromatic rings. The number of nitrogens with zero attached hydrogens (tertiary/aromatic N) is 3. The van der Waals surface area contributed by atoms with Crippen molar-refractivity contribution in [1.29, 1.82) is 0 Å². The van der Waals surface area contributed by atoms with Gasteiger partial charge in [-0.05, 0) is 23.6 Å². The summed E-state index contributed by atoms with van der Waals surface area (Å²) in [5.41, 5.74) is 1.30. The normalized spacial score (nSPS) is 14.0. The van der Waals surface area contributed by atoms with Crippen molar-refractivity contribution < 1.29 is 23.3 Å². The summed E-state index contributed by atoms with van der Waals surface area (Å²) >= 11 is 0. The Balaban J connectivity index is 1.36. The number of amides is 1. The summed E-state index contributed by atoms with van der Waals surface area (Å²) in [5.74, 6) is 2.11. The van der Waals surface area contributed by atoms with Gasteiger partial charge in [0.25, 0.3) is 5.91 Å². The Kier molecular flexibility index (Phi) is 5.53. The number of hydrogen-bond acceptors (Lipinski definition) is 8. The highest BCUT2D eigenvalue weighted by Crippen LogP contribution is 2.35. The lowest BCUT2D eigenvalue weighted by molar-refractivity contribution is 0.0871. The number of ether oxygens (including phenoxy) is 2. The molecule has 0 saturated carbocycles. The second kappa shape index (κ2) is 8.66. The van der Waals surface area contributed by atoms with Gasteiger partial charge in [-0.25, -0.2) is 0 Å². The van der Waals surface area contributed by atoms with Crippen LogP contribution in [-0.2, 0) is 0 Å². The molecule has 0 spiro atoms. The Hall–Kier alpha value is -4.14. The van der Waals surface area contributed by atoms with E-state index in [9.17, 15) is 4.79 Å². The molecule has 9 nitrogen and oxygen atoms in total. The zero-order valence-corrected chi connectivity index (χ0v) is 19.1. The van der Waals surface area contributed by atoms with Gasteiger partial charge in [0.1, 0.15) is 19.3 Å². The minimum Gasteiger partial charge on any atom is -0.486 e. The molecule has 2 aromatic carbocycles. The molecule has 174 valence electrons. The summed E-state index contributed by atoms with van der Waals surface area (Å²) in [4.78, 5) is 17.6. The fourth-order valence-corrected chi connectivity index (χ4v) is 3.63. The van der Waals surface area contributed by atoms with Crippen LogP contribution in [0.1, 0.15) is 43.2 Å². The van der Waals surface area contributed by atoms with E-state index in [0.717, 1.165) is 11.1 Å². The summed E-state index contributed by atoms with van der Waals surface area (Å²) in [7, 11) is 0. The van der Waals surface area contributed by atoms with Gasteiger partial charge in [-0.2, -0.15) is 4.98 Å². The third-order valence-electron chi connectivity index (χ3n) is 5.43. The number of carbonyl (C=O) groups is 1. The molecule has 9 heteroatoms. The first-order valence-electron chi connectivity index (χ1n) is 10.9. The Morgan fingerprint density at radius 2 is 1.68 bits per heavy atom. The standard InChI is InChI=1S/C25H24N4O5/c1-25(2,3)21(24-27-22(29-34-24)15-7-5-4-6-8-15)26-23(30)17-14-19(33-28-17)16-9-10-18-20(13-16)32-12-11-31-18/h4-10,13-14,21H,11-12H2,1-3H3,(H,26,30)/t21-/m1/s1. The number of benzene rings is 2. The molecule has 0 aliphatic carbocycles. The molecule has 1 N–H and O–H groups in total. The number of carbonyl (C=O) groups excluding carboxylic acids is 1. The second-order valence-electron chi connectivity index (χ2n) is 9.03. The Morgan fingerprint density at radius 1 is 0.912 bits per heavy atom. The summed E-state index contributed by atoms with van der Waals surface area (Å²) in [5, 5.41) is 11.0. The average Bonchev–Trinajstić information content (AvgIpc) is 3.52. The molecule has 0 fully saturated rings. The molecule has 3 heterocycles. The van der Waals surface area contributed by atoms with Crippen molar-refractivity contribution in [2.24, 2.45) is 5.41 Å². The summed E-state index contributed by atoms with van der Waals surface area (Å²) in [6.45, 7) is 6.94. The maximum Gasteiger partial charge on any atom is 0.274 e. The zero-order valence-electron chi connectivity index (χ0n) is 19.1. The first-order valence-corrected chi connectivity index (χ1v) is 10.9. The lowest BCUT2D eigenvalue weighted by Gasteiger charge is -2.27. The van der Waals surface area contributed by atoms with E-state index in [-0.39, 0.29) is 5.69 Å². The van der Waals surface area contributed by atoms with Crippen LogP contribution in [-0.4, -0.2) is 34.4 Å². The van der Waals surface area contributed by atoms with Crippen molar-refractivity contribution in [3.63, 3.8) is 0 Å². The topological polar surface area (TPSA) is 113 Å². The maximum absolute atomic E-state index is 13.1. The van der Waals surface area contributed by atoms with E-state index in [4.69, 9.17) is 18.5 Å². The predicted molar refractivity (Wildman–Crippen MR) is 122 cm³/mol. The highest BCUT2D eigenvalue weighted by Gasteiger charge is 2.34. The summed E-state index contributed by atoms with van der Waals surface area (Å²) in [6.07, 6.45) is 0. The largest absolute Gasteiger partial charge is 0.486 e. The van der Waals surface area contributed by atoms with Crippen molar-refractivity contribution in [2.45, 2.75) is 26.8 Å². The van der Waals surface area contributed by atoms with Crippen LogP contribution < -0.4 is 14.8 Å². The van der Waals surface area contributed by atoms with Crippen LogP contribution in [0, 0.1) is 5.41 Å². The van der Waals surface area contributed by atoms with E-state index >= 15 is 0 Å². The number of rotatable bonds is 5. The van der Waals surface area contributed by atoms with Crippen LogP contribution >= 0.6 is 0 Å². The van der Waals surface area contributed by atoms with Crippen LogP contribution in [0.4, 0.5) is 0 Å². The molecule has 2 aromatic heterocycles. The molecule has 0 saturated heterocycles. The van der Waals surface area contributed by atoms with E-state index in [2.05, 4.69) is 20.6 Å². The third-order valence-corrected chi connectivity index (χ3v) is 5.43. The van der Waals surface area contributed by atoms with Gasteiger partial charge in [-0.15, -0.1) is 0 Å². The number of aromatic nitrogens is 3. The third kappa shape index (κ3) is 4.36. The van der Waals surface area contributed by atoms with E-state index in [0.29, 0.717) is 42.2 Å². The van der Waals surface area contributed by atoms with Gasteiger partial charge in [0.15, 0.2) is 23.0 Å². The Bertz CT molecular complexity index is 1310. The van der Waals surface area contributed by atoms with Crippen LogP contribution in [0.5, 0.6) is 11.5 Å². The van der Waals surface area contributed by atoms with Crippen molar-refractivity contribution >= 4 is 5.91 Å². The molecule has 1 aliphatic heterocycles. The number of fused-ring (bicyclic) bond motifs is 1. The number of nitrogens with one attached hydrogen (secondary N) is 1. The SMILES string of the molecule is CC(C)(C)[C@H](NC(=O)c1cc(-c2ccc3c(c2)OCCO3)on1)c1nc(-c2ccccc2)no1. The molecule has 1 aliphatic rings. The fourth-order valence-electron chi connectivity index (χ4n) is 3.63. The van der Waals surface area contributed by atoms with E-state index in [1.54, 1.807) is 12.1 Å². The molecule has 0 radical (unpaired) electrons. The van der Waals surface area contributed by atoms with Gasteiger partial charge >= 0.3 is 0 Å². The molecule has 1 amide bonds. The monoisotopic (exact) mass is 460 g/mol. The van der Waals surface area contributed by atoms with Gasteiger partial charge < -0.3 is 23.8 Å². The Morgan fingerprint density at radius 3 is 2.44 bits per heavy atom. The first-order chi connectivity index (χ1) is 16.4. The van der Waals surface area contributed by atoms with E-state index < -0.39 is 17.4 Å². The summed E-state index contributed by atoms with van der Waals surface area (Å²) in [6, 6.07) is 16.0. The van der Waals surface area contributed by atoms with E-state index in [1.165, 1.54) is 0 Å². The lowest BCUT2D eigenvalue weighted by Crippen LogP contribution is -2.37. The predicted octanol–water partition coefficient (Wildman–Crippen LogP) is 4.68. The molecule has 1 atom stereocenters. The average molecular weight is 460 g/mol. The highest BCUT2D eigenvalue weighted by atomic mass is 16.6. The minimum absolute atomic E-state index is 0.141. The van der Waals surface area contributed by atoms with Crippen LogP contribution in [0.15, 0.2) is 63.6 Å². The smallest absolute Gasteiger partial charge is 0.274 e. The second-order valence-corrected chi connectivity index (χ2v) is 9.03. The first kappa shape index (κ1) is 21.7. The van der Waals surface area contributed by atoms with Crippen molar-refractivity contribution in [3.8, 4) is 34.2 Å². The molecule has 0 unspecified atom stereocenters. The quantitative estimate of drug-likeness (QED) is 0.457. The van der Waals surface area contributed by atoms with Crippen LogP contribution in [0.2, 0.25) is 0 Å². The molecular formula is C25H24N4O5. The highest BCUT2D eigenvalue weighted by molar-refractivity contribution is 5.93. The minimum atomic E-state index is -0.542. The van der Waals surface area contributed by atoms with Crippen LogP contribution in [0.25, 0.3) is 22.7 Å². The van der Waals surface area contributed by atoms with Crippen molar-refractivity contribution in [3.05, 3.63) is 66.2 Å². The maximum atomic E-state index is 13.1. The van der Waals surface area contributed by atoms with Crippen molar-refractivity contribution in [2.75, 3.05) is 13.2 Å². The lowest BCUT2D eigenvalue weighted by atomic mass is 9.86. The Labute approximate surface area is 196 Å². The van der Waals surface area contributed by atoms with Gasteiger partial charge in [0.2, 0.25) is 11.7 Å². The molecule has 0 bridgehead atoms. The number of hydrogen-bond donors (Lipinski definition) is 1. The van der Waals surface area contributed by atoms with Gasteiger partial charge in [-0.1, -0.05) is 61.4 Å². The zero-order chi connectivity index (χ0) is 23.7. The van der Waals surface area contributed by atoms with Crippen molar-refractivity contribution in [1.82, 2.24) is 20.6 Å². The molecule has 34 heavy (non-hydrogen) atoms. The molecular weight excluding hydrogens is 436 g/mol. The van der Waals surface area contributed by atoms with Gasteiger partial charge in [0.05, 0.1) is 0 Å². The molecule has 5 rings (SSSR count). The fraction of sp³-hybridized carbons (Fsp3) is 0.280. The van der Waals surface area contributed by atoms with Gasteiger partial charge in [-0.3, -0.25) is 4.79 Å². The summed E-state index contributed by atoms with van der Waals surface area (Å²) < 4.78 is 22.1. The van der Waals surface area contributed by atoms with E-state index in [1.807, 2.05) is 63.2 Å². The van der Waals surface area contributed by atoms with Gasteiger partial charge in [0, 0.05) is 17.2 Å².